The number of rotatable bonds is 5. The zero-order valence-corrected chi connectivity index (χ0v) is 10.3. The van der Waals surface area contributed by atoms with E-state index in [0.717, 1.165) is 32.0 Å². The summed E-state index contributed by atoms with van der Waals surface area (Å²) < 4.78 is 2.02. The van der Waals surface area contributed by atoms with Crippen LogP contribution < -0.4 is 5.32 Å². The Kier molecular flexibility index (Phi) is 3.07. The Bertz CT molecular complexity index is 366. The summed E-state index contributed by atoms with van der Waals surface area (Å²) in [5.74, 6) is 1.03. The number of aromatic nitrogens is 4. The molecule has 0 aromatic carbocycles. The fourth-order valence-electron chi connectivity index (χ4n) is 2.55. The Labute approximate surface area is 101 Å². The first kappa shape index (κ1) is 11.1. The summed E-state index contributed by atoms with van der Waals surface area (Å²) in [5.41, 5.74) is 0. The predicted octanol–water partition coefficient (Wildman–Crippen LogP) is 0.192. The van der Waals surface area contributed by atoms with Crippen molar-refractivity contribution in [2.24, 2.45) is 0 Å². The molecule has 1 saturated carbocycles. The summed E-state index contributed by atoms with van der Waals surface area (Å²) in [4.78, 5) is 2.48. The lowest BCUT2D eigenvalue weighted by atomic mass is 10.2. The molecule has 0 spiro atoms. The van der Waals surface area contributed by atoms with Crippen molar-refractivity contribution in [1.29, 1.82) is 0 Å². The number of nitrogens with zero attached hydrogens (tertiary/aromatic N) is 5. The summed E-state index contributed by atoms with van der Waals surface area (Å²) in [6.07, 6.45) is 3.70. The van der Waals surface area contributed by atoms with Gasteiger partial charge < -0.3 is 5.32 Å². The fourth-order valence-corrected chi connectivity index (χ4v) is 2.55. The standard InChI is InChI=1S/C11H20N6/c1-2-16(10-5-6-12-7-10)8-11-13-14-15-17(11)9-3-4-9/h9-10,12H,2-8H2,1H3. The molecule has 1 aliphatic heterocycles. The lowest BCUT2D eigenvalue weighted by molar-refractivity contribution is 0.201. The van der Waals surface area contributed by atoms with Gasteiger partial charge >= 0.3 is 0 Å². The van der Waals surface area contributed by atoms with E-state index < -0.39 is 0 Å². The van der Waals surface area contributed by atoms with E-state index in [4.69, 9.17) is 0 Å². The second kappa shape index (κ2) is 4.70. The van der Waals surface area contributed by atoms with Crippen molar-refractivity contribution in [1.82, 2.24) is 30.4 Å². The highest BCUT2D eigenvalue weighted by molar-refractivity contribution is 4.92. The van der Waals surface area contributed by atoms with Gasteiger partial charge in [0.2, 0.25) is 0 Å². The van der Waals surface area contributed by atoms with Crippen LogP contribution in [-0.4, -0.2) is 50.8 Å². The van der Waals surface area contributed by atoms with Gasteiger partial charge in [0, 0.05) is 12.6 Å². The van der Waals surface area contributed by atoms with E-state index >= 15 is 0 Å². The van der Waals surface area contributed by atoms with Crippen LogP contribution in [0.3, 0.4) is 0 Å². The molecule has 1 N–H and O–H groups in total. The van der Waals surface area contributed by atoms with Gasteiger partial charge in [-0.05, 0) is 42.8 Å². The molecule has 94 valence electrons. The van der Waals surface area contributed by atoms with Gasteiger partial charge in [0.15, 0.2) is 5.82 Å². The molecule has 2 fully saturated rings. The maximum atomic E-state index is 4.18. The van der Waals surface area contributed by atoms with Crippen molar-refractivity contribution in [3.05, 3.63) is 5.82 Å². The Morgan fingerprint density at radius 3 is 2.94 bits per heavy atom. The van der Waals surface area contributed by atoms with Crippen LogP contribution in [0.15, 0.2) is 0 Å². The third-order valence-electron chi connectivity index (χ3n) is 3.76. The van der Waals surface area contributed by atoms with E-state index in [2.05, 4.69) is 32.7 Å². The van der Waals surface area contributed by atoms with Crippen molar-refractivity contribution in [3.63, 3.8) is 0 Å². The molecule has 0 radical (unpaired) electrons. The summed E-state index contributed by atoms with van der Waals surface area (Å²) in [6.45, 7) is 6.38. The summed E-state index contributed by atoms with van der Waals surface area (Å²) >= 11 is 0. The van der Waals surface area contributed by atoms with Crippen LogP contribution in [-0.2, 0) is 6.54 Å². The van der Waals surface area contributed by atoms with Gasteiger partial charge in [-0.15, -0.1) is 5.10 Å². The van der Waals surface area contributed by atoms with Crippen LogP contribution in [0.2, 0.25) is 0 Å². The molecule has 1 aromatic heterocycles. The molecule has 6 nitrogen and oxygen atoms in total. The molecule has 1 aromatic rings. The Morgan fingerprint density at radius 1 is 1.41 bits per heavy atom. The first-order valence-electron chi connectivity index (χ1n) is 6.60. The molecular weight excluding hydrogens is 216 g/mol. The monoisotopic (exact) mass is 236 g/mol. The Morgan fingerprint density at radius 2 is 2.29 bits per heavy atom. The quantitative estimate of drug-likeness (QED) is 0.791. The van der Waals surface area contributed by atoms with Gasteiger partial charge in [-0.2, -0.15) is 0 Å². The molecular formula is C11H20N6. The largest absolute Gasteiger partial charge is 0.315 e. The Hall–Kier alpha value is -1.01. The highest BCUT2D eigenvalue weighted by atomic mass is 15.6. The van der Waals surface area contributed by atoms with Crippen LogP contribution in [0.4, 0.5) is 0 Å². The lowest BCUT2D eigenvalue weighted by Gasteiger charge is -2.26. The molecule has 1 aliphatic carbocycles. The summed E-state index contributed by atoms with van der Waals surface area (Å²) in [5, 5.41) is 15.5. The minimum absolute atomic E-state index is 0.570. The van der Waals surface area contributed by atoms with Crippen molar-refractivity contribution in [2.75, 3.05) is 19.6 Å². The molecule has 2 aliphatic rings. The first-order valence-corrected chi connectivity index (χ1v) is 6.60. The third kappa shape index (κ3) is 2.32. The molecule has 17 heavy (non-hydrogen) atoms. The van der Waals surface area contributed by atoms with E-state index in [1.54, 1.807) is 0 Å². The van der Waals surface area contributed by atoms with Crippen LogP contribution in [0.25, 0.3) is 0 Å². The number of hydrogen-bond donors (Lipinski definition) is 1. The zero-order chi connectivity index (χ0) is 11.7. The molecule has 0 bridgehead atoms. The van der Waals surface area contributed by atoms with Gasteiger partial charge in [-0.25, -0.2) is 4.68 Å². The van der Waals surface area contributed by atoms with Gasteiger partial charge in [0.25, 0.3) is 0 Å². The molecule has 2 heterocycles. The van der Waals surface area contributed by atoms with Gasteiger partial charge in [0.1, 0.15) is 0 Å². The number of hydrogen-bond acceptors (Lipinski definition) is 5. The van der Waals surface area contributed by atoms with Crippen molar-refractivity contribution in [3.8, 4) is 0 Å². The van der Waals surface area contributed by atoms with Crippen molar-refractivity contribution < 1.29 is 0 Å². The number of nitrogens with one attached hydrogen (secondary N) is 1. The van der Waals surface area contributed by atoms with E-state index in [9.17, 15) is 0 Å². The fraction of sp³-hybridized carbons (Fsp3) is 0.909. The molecule has 6 heteroatoms. The second-order valence-corrected chi connectivity index (χ2v) is 4.98. The van der Waals surface area contributed by atoms with Crippen LogP contribution in [0, 0.1) is 0 Å². The molecule has 1 saturated heterocycles. The van der Waals surface area contributed by atoms with E-state index in [-0.39, 0.29) is 0 Å². The maximum Gasteiger partial charge on any atom is 0.165 e. The van der Waals surface area contributed by atoms with Gasteiger partial charge in [0.05, 0.1) is 12.6 Å². The lowest BCUT2D eigenvalue weighted by Crippen LogP contribution is -2.37. The Balaban J connectivity index is 1.68. The normalized spacial score (nSPS) is 24.7. The van der Waals surface area contributed by atoms with E-state index in [1.165, 1.54) is 19.3 Å². The molecule has 3 rings (SSSR count). The van der Waals surface area contributed by atoms with Crippen LogP contribution in [0.5, 0.6) is 0 Å². The average Bonchev–Trinajstić information content (AvgIpc) is 2.88. The average molecular weight is 236 g/mol. The maximum absolute atomic E-state index is 4.18. The summed E-state index contributed by atoms with van der Waals surface area (Å²) in [7, 11) is 0. The molecule has 1 atom stereocenters. The second-order valence-electron chi connectivity index (χ2n) is 4.98. The van der Waals surface area contributed by atoms with Crippen LogP contribution in [0.1, 0.15) is 38.1 Å². The van der Waals surface area contributed by atoms with E-state index in [0.29, 0.717) is 12.1 Å². The highest BCUT2D eigenvalue weighted by Crippen LogP contribution is 2.34. The highest BCUT2D eigenvalue weighted by Gasteiger charge is 2.29. The zero-order valence-electron chi connectivity index (χ0n) is 10.3. The molecule has 1 unspecified atom stereocenters. The SMILES string of the molecule is CCN(Cc1nnnn1C1CC1)C1CCNC1. The number of likely N-dealkylation sites (N-methyl/N-ethyl adjacent to an activating group) is 1. The van der Waals surface area contributed by atoms with Gasteiger partial charge in [-0.1, -0.05) is 6.92 Å². The topological polar surface area (TPSA) is 58.9 Å². The molecule has 0 amide bonds. The minimum Gasteiger partial charge on any atom is -0.315 e. The smallest absolute Gasteiger partial charge is 0.165 e. The van der Waals surface area contributed by atoms with Crippen molar-refractivity contribution in [2.45, 2.75) is 44.8 Å². The minimum atomic E-state index is 0.570. The third-order valence-corrected chi connectivity index (χ3v) is 3.76. The number of tetrazole rings is 1. The van der Waals surface area contributed by atoms with Gasteiger partial charge in [-0.3, -0.25) is 4.90 Å². The van der Waals surface area contributed by atoms with E-state index in [1.807, 2.05) is 4.68 Å². The summed E-state index contributed by atoms with van der Waals surface area (Å²) in [6, 6.07) is 1.21. The first-order chi connectivity index (χ1) is 8.38. The predicted molar refractivity (Wildman–Crippen MR) is 63.4 cm³/mol. The van der Waals surface area contributed by atoms with Crippen molar-refractivity contribution >= 4 is 0 Å². The van der Waals surface area contributed by atoms with Crippen LogP contribution >= 0.6 is 0 Å².